The van der Waals surface area contributed by atoms with Crippen molar-refractivity contribution in [2.75, 3.05) is 39.0 Å². The van der Waals surface area contributed by atoms with Gasteiger partial charge in [-0.05, 0) is 37.4 Å². The van der Waals surface area contributed by atoms with Crippen molar-refractivity contribution >= 4 is 17.7 Å². The normalized spacial score (nSPS) is 16.0. The molecule has 0 radical (unpaired) electrons. The van der Waals surface area contributed by atoms with Gasteiger partial charge in [0, 0.05) is 31.7 Å². The van der Waals surface area contributed by atoms with E-state index in [0.29, 0.717) is 18.7 Å². The van der Waals surface area contributed by atoms with Crippen LogP contribution >= 0.6 is 11.8 Å². The Labute approximate surface area is 169 Å². The van der Waals surface area contributed by atoms with Gasteiger partial charge in [0.15, 0.2) is 5.16 Å². The molecule has 3 rings (SSSR count). The third-order valence-corrected chi connectivity index (χ3v) is 5.10. The molecule has 0 spiro atoms. The van der Waals surface area contributed by atoms with E-state index in [1.165, 1.54) is 12.1 Å². The van der Waals surface area contributed by atoms with Gasteiger partial charge in [-0.25, -0.2) is 19.4 Å². The van der Waals surface area contributed by atoms with Gasteiger partial charge < -0.3 is 4.90 Å². The summed E-state index contributed by atoms with van der Waals surface area (Å²) in [6.45, 7) is 2.96. The van der Waals surface area contributed by atoms with Crippen molar-refractivity contribution < 1.29 is 22.4 Å². The molecule has 1 aromatic heterocycles. The molecule has 0 saturated carbocycles. The zero-order valence-electron chi connectivity index (χ0n) is 15.5. The molecule has 11 heteroatoms. The first-order valence-electron chi connectivity index (χ1n) is 8.79. The van der Waals surface area contributed by atoms with Crippen LogP contribution in [0.4, 0.5) is 17.6 Å². The van der Waals surface area contributed by atoms with Gasteiger partial charge in [0.05, 0.1) is 11.4 Å². The fourth-order valence-electron chi connectivity index (χ4n) is 2.66. The quantitative estimate of drug-likeness (QED) is 0.448. The maximum atomic E-state index is 13.2. The number of likely N-dealkylation sites (N-methyl/N-ethyl adjacent to an activating group) is 1. The lowest BCUT2D eigenvalue weighted by molar-refractivity contribution is -0.141. The van der Waals surface area contributed by atoms with Gasteiger partial charge in [-0.15, -0.1) is 0 Å². The summed E-state index contributed by atoms with van der Waals surface area (Å²) in [7, 11) is 1.98. The van der Waals surface area contributed by atoms with Crippen LogP contribution in [-0.4, -0.2) is 64.8 Å². The lowest BCUT2D eigenvalue weighted by Crippen LogP contribution is -2.52. The Hall–Kier alpha value is -2.24. The first-order chi connectivity index (χ1) is 13.7. The lowest BCUT2D eigenvalue weighted by Gasteiger charge is -2.32. The van der Waals surface area contributed by atoms with Crippen LogP contribution in [0.15, 0.2) is 35.5 Å². The van der Waals surface area contributed by atoms with Crippen molar-refractivity contribution in [2.45, 2.75) is 11.3 Å². The van der Waals surface area contributed by atoms with Crippen LogP contribution in [0.3, 0.4) is 0 Å². The van der Waals surface area contributed by atoms with Crippen molar-refractivity contribution in [3.63, 3.8) is 0 Å². The van der Waals surface area contributed by atoms with Crippen LogP contribution in [0.5, 0.6) is 0 Å². The lowest BCUT2D eigenvalue weighted by atomic mass is 10.1. The van der Waals surface area contributed by atoms with Crippen LogP contribution in [0.1, 0.15) is 5.69 Å². The summed E-state index contributed by atoms with van der Waals surface area (Å²) in [5.74, 6) is -0.978. The second kappa shape index (κ2) is 9.06. The molecule has 1 aliphatic heterocycles. The van der Waals surface area contributed by atoms with Gasteiger partial charge >= 0.3 is 6.18 Å². The Kier molecular flexibility index (Phi) is 6.70. The predicted molar refractivity (Wildman–Crippen MR) is 100 cm³/mol. The second-order valence-corrected chi connectivity index (χ2v) is 7.48. The summed E-state index contributed by atoms with van der Waals surface area (Å²) in [4.78, 5) is 21.9. The number of halogens is 4. The molecule has 1 aromatic carbocycles. The van der Waals surface area contributed by atoms with Crippen LogP contribution in [0.2, 0.25) is 0 Å². The van der Waals surface area contributed by atoms with E-state index in [0.717, 1.165) is 43.1 Å². The average molecular weight is 429 g/mol. The zero-order valence-corrected chi connectivity index (χ0v) is 16.4. The number of amides is 1. The summed E-state index contributed by atoms with van der Waals surface area (Å²) in [6, 6.07) is 5.77. The molecule has 1 fully saturated rings. The first kappa shape index (κ1) is 21.5. The molecule has 29 heavy (non-hydrogen) atoms. The minimum atomic E-state index is -4.67. The molecule has 2 heterocycles. The Bertz CT molecular complexity index is 854. The van der Waals surface area contributed by atoms with E-state index < -0.39 is 17.7 Å². The summed E-state index contributed by atoms with van der Waals surface area (Å²) >= 11 is 0.814. The molecule has 1 saturated heterocycles. The number of hydrazine groups is 1. The number of piperazine rings is 1. The largest absolute Gasteiger partial charge is 0.433 e. The van der Waals surface area contributed by atoms with Gasteiger partial charge in [-0.3, -0.25) is 10.2 Å². The van der Waals surface area contributed by atoms with Crippen molar-refractivity contribution in [1.82, 2.24) is 25.3 Å². The number of nitrogens with zero attached hydrogens (tertiary/aromatic N) is 4. The van der Waals surface area contributed by atoms with Gasteiger partial charge in [0.25, 0.3) is 0 Å². The number of hydrogen-bond acceptors (Lipinski definition) is 6. The Morgan fingerprint density at radius 1 is 1.14 bits per heavy atom. The third-order valence-electron chi connectivity index (χ3n) is 4.25. The number of hydrogen-bond donors (Lipinski definition) is 1. The number of alkyl halides is 3. The Morgan fingerprint density at radius 3 is 2.41 bits per heavy atom. The van der Waals surface area contributed by atoms with Gasteiger partial charge in [-0.2, -0.15) is 13.2 Å². The zero-order chi connectivity index (χ0) is 21.0. The summed E-state index contributed by atoms with van der Waals surface area (Å²) in [5, 5.41) is 1.60. The molecule has 6 nitrogen and oxygen atoms in total. The Balaban J connectivity index is 1.71. The maximum absolute atomic E-state index is 13.2. The van der Waals surface area contributed by atoms with Crippen LogP contribution in [-0.2, 0) is 11.0 Å². The molecular formula is C18H19F4N5OS. The highest BCUT2D eigenvalue weighted by molar-refractivity contribution is 7.99. The highest BCUT2D eigenvalue weighted by Crippen LogP contribution is 2.32. The maximum Gasteiger partial charge on any atom is 0.433 e. The van der Waals surface area contributed by atoms with Crippen LogP contribution in [0, 0.1) is 5.82 Å². The van der Waals surface area contributed by atoms with Crippen LogP contribution in [0.25, 0.3) is 11.3 Å². The number of rotatable bonds is 5. The number of carbonyl (C=O) groups excluding carboxylic acids is 1. The van der Waals surface area contributed by atoms with Crippen molar-refractivity contribution in [2.24, 2.45) is 0 Å². The molecule has 0 unspecified atom stereocenters. The van der Waals surface area contributed by atoms with Gasteiger partial charge in [0.1, 0.15) is 11.5 Å². The standard InChI is InChI=1S/C18H19F4N5OS/c1-26-6-8-27(9-7-26)25-16(28)11-29-17-23-14(10-15(24-17)18(20,21)22)12-2-4-13(19)5-3-12/h2-5,10H,6-9,11H2,1H3,(H,25,28). The molecule has 0 aliphatic carbocycles. The highest BCUT2D eigenvalue weighted by atomic mass is 32.2. The second-order valence-electron chi connectivity index (χ2n) is 6.54. The molecule has 2 aromatic rings. The summed E-state index contributed by atoms with van der Waals surface area (Å²) in [5.41, 5.74) is 1.95. The molecule has 1 amide bonds. The monoisotopic (exact) mass is 429 g/mol. The number of thioether (sulfide) groups is 1. The van der Waals surface area contributed by atoms with E-state index in [-0.39, 0.29) is 22.5 Å². The first-order valence-corrected chi connectivity index (χ1v) is 9.77. The van der Waals surface area contributed by atoms with E-state index in [4.69, 9.17) is 0 Å². The van der Waals surface area contributed by atoms with E-state index >= 15 is 0 Å². The van der Waals surface area contributed by atoms with Crippen LogP contribution < -0.4 is 5.43 Å². The van der Waals surface area contributed by atoms with Gasteiger partial charge in [0.2, 0.25) is 5.91 Å². The molecule has 1 N–H and O–H groups in total. The number of aromatic nitrogens is 2. The molecule has 156 valence electrons. The summed E-state index contributed by atoms with van der Waals surface area (Å²) in [6.07, 6.45) is -4.67. The fraction of sp³-hybridized carbons (Fsp3) is 0.389. The smallest absolute Gasteiger partial charge is 0.304 e. The molecule has 0 bridgehead atoms. The Morgan fingerprint density at radius 2 is 1.79 bits per heavy atom. The van der Waals surface area contributed by atoms with E-state index in [2.05, 4.69) is 20.3 Å². The SMILES string of the molecule is CN1CCN(NC(=O)CSc2nc(-c3ccc(F)cc3)cc(C(F)(F)F)n2)CC1. The molecule has 0 atom stereocenters. The van der Waals surface area contributed by atoms with Gasteiger partial charge in [-0.1, -0.05) is 11.8 Å². The van der Waals surface area contributed by atoms with E-state index in [1.807, 2.05) is 7.05 Å². The molecular weight excluding hydrogens is 410 g/mol. The minimum absolute atomic E-state index is 0.00861. The van der Waals surface area contributed by atoms with E-state index in [9.17, 15) is 22.4 Å². The fourth-order valence-corrected chi connectivity index (χ4v) is 3.31. The van der Waals surface area contributed by atoms with E-state index in [1.54, 1.807) is 5.01 Å². The number of nitrogens with one attached hydrogen (secondary N) is 1. The van der Waals surface area contributed by atoms with Crippen molar-refractivity contribution in [3.8, 4) is 11.3 Å². The predicted octanol–water partition coefficient (Wildman–Crippen LogP) is 2.67. The van der Waals surface area contributed by atoms with Crippen molar-refractivity contribution in [3.05, 3.63) is 41.8 Å². The number of carbonyl (C=O) groups is 1. The average Bonchev–Trinajstić information content (AvgIpc) is 2.68. The highest BCUT2D eigenvalue weighted by Gasteiger charge is 2.34. The number of benzene rings is 1. The molecule has 1 aliphatic rings. The summed E-state index contributed by atoms with van der Waals surface area (Å²) < 4.78 is 52.8. The van der Waals surface area contributed by atoms with Crippen molar-refractivity contribution in [1.29, 1.82) is 0 Å². The topological polar surface area (TPSA) is 61.4 Å². The minimum Gasteiger partial charge on any atom is -0.304 e. The third kappa shape index (κ3) is 6.12.